The Labute approximate surface area is 304 Å². The van der Waals surface area contributed by atoms with Gasteiger partial charge in [-0.3, -0.25) is 40.5 Å². The van der Waals surface area contributed by atoms with Crippen LogP contribution in [0.3, 0.4) is 0 Å². The van der Waals surface area contributed by atoms with Gasteiger partial charge in [0.1, 0.15) is 0 Å². The number of nitro groups is 4. The van der Waals surface area contributed by atoms with Gasteiger partial charge in [-0.1, -0.05) is 0 Å². The SMILES string of the molecule is O=[N+]([O-])c1ccc2c(c1)-c1nc-2nc2[n-]c(nc3nc(nc4[n-]c(n1)c1ccc([N+](=O)[O-])cc41)-c1ccc([N+](=O)[O-])cc1-3)c1ccc([N+](=O)[O-])cc21.[Zn+2]. The van der Waals surface area contributed by atoms with E-state index in [1.54, 1.807) is 0 Å². The summed E-state index contributed by atoms with van der Waals surface area (Å²) in [4.78, 5) is 81.5. The largest absolute Gasteiger partial charge is 2.00 e. The molecule has 0 unspecified atom stereocenters. The van der Waals surface area contributed by atoms with Gasteiger partial charge in [0.2, 0.25) is 0 Å². The minimum Gasteiger partial charge on any atom is -0.357 e. The van der Waals surface area contributed by atoms with Gasteiger partial charge in [-0.15, -0.1) is 0 Å². The molecule has 53 heavy (non-hydrogen) atoms. The fraction of sp³-hybridized carbons (Fsp3) is 0. The van der Waals surface area contributed by atoms with Gasteiger partial charge in [0, 0.05) is 104 Å². The molecule has 0 aliphatic carbocycles. The fourth-order valence-corrected chi connectivity index (χ4v) is 6.07. The molecule has 0 amide bonds. The number of hydrogen-bond acceptors (Lipinski definition) is 14. The molecule has 0 fully saturated rings. The number of aromatic nitrogens is 8. The molecule has 250 valence electrons. The molecule has 8 bridgehead atoms. The van der Waals surface area contributed by atoms with Crippen LogP contribution in [-0.2, 0) is 19.5 Å². The van der Waals surface area contributed by atoms with E-state index in [1.165, 1.54) is 72.8 Å². The summed E-state index contributed by atoms with van der Waals surface area (Å²) in [6.45, 7) is 0. The zero-order valence-corrected chi connectivity index (χ0v) is 29.2. The Kier molecular flexibility index (Phi) is 7.25. The first-order chi connectivity index (χ1) is 25.0. The topological polar surface area (TPSA) is 278 Å². The molecule has 2 aliphatic heterocycles. The second-order valence-electron chi connectivity index (χ2n) is 11.4. The average molecular weight is 758 g/mol. The van der Waals surface area contributed by atoms with Gasteiger partial charge >= 0.3 is 19.5 Å². The van der Waals surface area contributed by atoms with Crippen molar-refractivity contribution in [3.63, 3.8) is 0 Å². The molecule has 20 nitrogen and oxygen atoms in total. The van der Waals surface area contributed by atoms with Gasteiger partial charge in [0.15, 0.2) is 0 Å². The van der Waals surface area contributed by atoms with Crippen LogP contribution in [0, 0.1) is 40.5 Å². The van der Waals surface area contributed by atoms with Gasteiger partial charge < -0.3 is 29.9 Å². The second kappa shape index (κ2) is 11.8. The van der Waals surface area contributed by atoms with Gasteiger partial charge in [-0.25, -0.2) is 9.97 Å². The van der Waals surface area contributed by atoms with E-state index in [0.717, 1.165) is 0 Å². The average Bonchev–Trinajstić information content (AvgIpc) is 3.85. The summed E-state index contributed by atoms with van der Waals surface area (Å²) in [7, 11) is 0. The summed E-state index contributed by atoms with van der Waals surface area (Å²) in [5.74, 6) is -0.0435. The van der Waals surface area contributed by atoms with Crippen molar-refractivity contribution in [2.45, 2.75) is 0 Å². The van der Waals surface area contributed by atoms with Gasteiger partial charge in [0.25, 0.3) is 22.7 Å². The minimum absolute atomic E-state index is 0. The van der Waals surface area contributed by atoms with Crippen LogP contribution < -0.4 is 9.97 Å². The fourth-order valence-electron chi connectivity index (χ4n) is 6.07. The van der Waals surface area contributed by atoms with Crippen molar-refractivity contribution in [3.05, 3.63) is 113 Å². The van der Waals surface area contributed by atoms with Crippen molar-refractivity contribution in [2.24, 2.45) is 0 Å². The predicted molar refractivity (Wildman–Crippen MR) is 181 cm³/mol. The Hall–Kier alpha value is -7.54. The van der Waals surface area contributed by atoms with E-state index in [9.17, 15) is 40.5 Å². The van der Waals surface area contributed by atoms with E-state index in [2.05, 4.69) is 39.9 Å². The first kappa shape index (κ1) is 32.7. The van der Waals surface area contributed by atoms with Crippen molar-refractivity contribution in [1.82, 2.24) is 39.9 Å². The van der Waals surface area contributed by atoms with Crippen LogP contribution >= 0.6 is 0 Å². The Balaban J connectivity index is 0.00000400. The van der Waals surface area contributed by atoms with E-state index >= 15 is 0 Å². The summed E-state index contributed by atoms with van der Waals surface area (Å²) in [6.07, 6.45) is 0. The van der Waals surface area contributed by atoms with Crippen molar-refractivity contribution in [2.75, 3.05) is 0 Å². The molecular weight excluding hydrogens is 746 g/mol. The summed E-state index contributed by atoms with van der Waals surface area (Å²) in [6, 6.07) is 15.8. The zero-order valence-electron chi connectivity index (χ0n) is 26.3. The van der Waals surface area contributed by atoms with Crippen LogP contribution in [0.25, 0.3) is 89.7 Å². The van der Waals surface area contributed by atoms with E-state index in [0.29, 0.717) is 21.9 Å². The Morgan fingerprint density at radius 2 is 0.679 bits per heavy atom. The third kappa shape index (κ3) is 5.18. The van der Waals surface area contributed by atoms with E-state index < -0.39 is 19.7 Å². The minimum atomic E-state index is -0.589. The molecule has 0 atom stereocenters. The van der Waals surface area contributed by atoms with Crippen LogP contribution in [0.2, 0.25) is 0 Å². The van der Waals surface area contributed by atoms with Crippen LogP contribution in [0.1, 0.15) is 0 Å². The van der Waals surface area contributed by atoms with Gasteiger partial charge in [-0.05, 0) is 35.0 Å². The number of nitro benzene ring substituents is 4. The normalized spacial score (nSPS) is 11.5. The van der Waals surface area contributed by atoms with Gasteiger partial charge in [-0.2, -0.15) is 0 Å². The summed E-state index contributed by atoms with van der Waals surface area (Å²) >= 11 is 0. The number of benzene rings is 4. The second-order valence-corrected chi connectivity index (χ2v) is 11.4. The third-order valence-corrected chi connectivity index (χ3v) is 8.48. The number of nitrogens with zero attached hydrogens (tertiary/aromatic N) is 12. The smallest absolute Gasteiger partial charge is 0.357 e. The maximum atomic E-state index is 11.8. The summed E-state index contributed by atoms with van der Waals surface area (Å²) < 4.78 is 0. The van der Waals surface area contributed by atoms with E-state index in [4.69, 9.17) is 0 Å². The van der Waals surface area contributed by atoms with Crippen LogP contribution in [0.4, 0.5) is 22.7 Å². The Morgan fingerprint density at radius 1 is 0.377 bits per heavy atom. The quantitative estimate of drug-likeness (QED) is 0.117. The molecule has 0 saturated heterocycles. The maximum absolute atomic E-state index is 11.8. The molecule has 0 spiro atoms. The monoisotopic (exact) mass is 756 g/mol. The first-order valence-electron chi connectivity index (χ1n) is 14.9. The third-order valence-electron chi connectivity index (χ3n) is 8.48. The molecule has 0 N–H and O–H groups in total. The molecule has 2 aliphatic rings. The number of hydrogen-bond donors (Lipinski definition) is 0. The number of rotatable bonds is 4. The van der Waals surface area contributed by atoms with Crippen LogP contribution in [0.5, 0.6) is 0 Å². The summed E-state index contributed by atoms with van der Waals surface area (Å²) in [5, 5.41) is 48.1. The molecular formula is C32H12N12O8Zn. The van der Waals surface area contributed by atoms with Crippen molar-refractivity contribution in [3.8, 4) is 45.6 Å². The maximum Gasteiger partial charge on any atom is 2.00 e. The van der Waals surface area contributed by atoms with Crippen LogP contribution in [0.15, 0.2) is 72.8 Å². The van der Waals surface area contributed by atoms with Crippen molar-refractivity contribution >= 4 is 66.9 Å². The van der Waals surface area contributed by atoms with E-state index in [1.807, 2.05) is 0 Å². The number of non-ortho nitro benzene ring substituents is 4. The Bertz CT molecular complexity index is 2820. The molecule has 0 radical (unpaired) electrons. The molecule has 4 aromatic carbocycles. The molecule has 3 aromatic heterocycles. The molecule has 0 saturated carbocycles. The molecule has 5 heterocycles. The molecule has 7 aromatic rings. The molecule has 9 rings (SSSR count). The van der Waals surface area contributed by atoms with Crippen molar-refractivity contribution in [1.29, 1.82) is 0 Å². The standard InChI is InChI=1S/C32H12N12O8.Zn/c45-41(46)13-1-5-17-21(9-13)29-33-25(17)37-30-22-10-14(42(47)48)2-6-18(22)27(34-30)39-32-24-12-16(44(51)52)4-8-20(24)28(36-32)40-31-23-11-15(43(49)50)3-7-19(23)26(35-31)38-29;/h1-12H;/q-2;+2. The summed E-state index contributed by atoms with van der Waals surface area (Å²) in [5.41, 5.74) is -0.0187. The predicted octanol–water partition coefficient (Wildman–Crippen LogP) is 5.76. The van der Waals surface area contributed by atoms with Crippen LogP contribution in [-0.4, -0.2) is 49.6 Å². The zero-order chi connectivity index (χ0) is 36.0. The number of fused-ring (bicyclic) bond motifs is 20. The molecule has 21 heteroatoms. The first-order valence-corrected chi connectivity index (χ1v) is 14.9. The van der Waals surface area contributed by atoms with E-state index in [-0.39, 0.29) is 110 Å². The Morgan fingerprint density at radius 3 is 1.04 bits per heavy atom. The van der Waals surface area contributed by atoms with Gasteiger partial charge in [0.05, 0.1) is 43.0 Å². The van der Waals surface area contributed by atoms with Crippen molar-refractivity contribution < 1.29 is 39.2 Å².